The van der Waals surface area contributed by atoms with Gasteiger partial charge < -0.3 is 18.6 Å². The molecule has 3 aliphatic heterocycles. The van der Waals surface area contributed by atoms with Crippen molar-refractivity contribution in [2.24, 2.45) is 0 Å². The molecule has 0 saturated heterocycles. The Bertz CT molecular complexity index is 6530. The second kappa shape index (κ2) is 21.9. The Morgan fingerprint density at radius 2 is 0.781 bits per heavy atom. The summed E-state index contributed by atoms with van der Waals surface area (Å²) in [6.07, 6.45) is 5.68. The molecule has 3 unspecified atom stereocenters. The molecule has 8 nitrogen and oxygen atoms in total. The second-order valence-corrected chi connectivity index (χ2v) is 27.9. The standard InChI is InChI=1S/C97H54N4O4/c98-55-57-22-18-26-59(50-57)63-51-72(92-84(54-63)95(78-40-15-17-45-86(78)103-92)73-35-10-6-28-65(73)66-29-7-11-36-74(66)95)68-33-20-42-80-90(68)71-31-9-13-38-76(71)97(80)81-43-21-34-69(91(81)104-88-48-46-60(52-82(88)97)64-27-5-4-25-62(64)56-99)67-32-19-41-79-89(67)70-30-8-12-37-75(70)96(79)77-39-14-16-44-85(77)102-87-49-47-61(53-83(87)96)94-101-100-93(105-94)58-23-2-1-3-24-58/h1-4,6-54,64H. The Morgan fingerprint density at radius 1 is 0.314 bits per heavy atom. The summed E-state index contributed by atoms with van der Waals surface area (Å²) >= 11 is 0. The van der Waals surface area contributed by atoms with Gasteiger partial charge in [-0.1, -0.05) is 224 Å². The molecule has 0 fully saturated rings. The normalized spacial score (nSPS) is 17.2. The number of nitrogens with zero attached hydrogens (tertiary/aromatic N) is 4. The molecule has 486 valence electrons. The second-order valence-electron chi connectivity index (χ2n) is 27.9. The fourth-order valence-electron chi connectivity index (χ4n) is 19.0. The molecule has 105 heavy (non-hydrogen) atoms. The van der Waals surface area contributed by atoms with Crippen molar-refractivity contribution in [3.8, 4) is 136 Å². The van der Waals surface area contributed by atoms with Gasteiger partial charge in [0.2, 0.25) is 11.8 Å². The molecule has 4 heterocycles. The van der Waals surface area contributed by atoms with Crippen LogP contribution in [0, 0.1) is 22.7 Å². The third kappa shape index (κ3) is 7.82. The van der Waals surface area contributed by atoms with Crippen molar-refractivity contribution in [3.05, 3.63) is 411 Å². The van der Waals surface area contributed by atoms with Crippen LogP contribution in [0.25, 0.3) is 89.7 Å². The van der Waals surface area contributed by atoms with Crippen LogP contribution >= 0.6 is 0 Å². The van der Waals surface area contributed by atoms with Crippen LogP contribution in [0.5, 0.6) is 34.5 Å². The van der Waals surface area contributed by atoms with Gasteiger partial charge in [-0.15, -0.1) is 15.9 Å². The Hall–Kier alpha value is -14.1. The molecule has 22 rings (SSSR count). The molecule has 1 aromatic heterocycles. The summed E-state index contributed by atoms with van der Waals surface area (Å²) in [6.45, 7) is 0. The van der Waals surface area contributed by atoms with E-state index in [0.717, 1.165) is 157 Å². The predicted molar refractivity (Wildman–Crippen MR) is 407 cm³/mol. The van der Waals surface area contributed by atoms with Crippen LogP contribution in [0.1, 0.15) is 83.8 Å². The highest BCUT2D eigenvalue weighted by Crippen LogP contribution is 2.70. The van der Waals surface area contributed by atoms with Gasteiger partial charge in [-0.2, -0.15) is 10.5 Å². The molecule has 14 aromatic carbocycles. The quantitative estimate of drug-likeness (QED) is 0.151. The van der Waals surface area contributed by atoms with Gasteiger partial charge in [0.25, 0.3) is 0 Å². The minimum absolute atomic E-state index is 0.362. The van der Waals surface area contributed by atoms with Crippen LogP contribution in [0.15, 0.2) is 337 Å². The third-order valence-electron chi connectivity index (χ3n) is 23.1. The van der Waals surface area contributed by atoms with Gasteiger partial charge in [0.15, 0.2) is 0 Å². The maximum atomic E-state index is 10.8. The van der Waals surface area contributed by atoms with Crippen molar-refractivity contribution >= 4 is 0 Å². The van der Waals surface area contributed by atoms with Crippen LogP contribution < -0.4 is 14.2 Å². The number of rotatable bonds is 6. The number of hydrogen-bond acceptors (Lipinski definition) is 8. The van der Waals surface area contributed by atoms with E-state index >= 15 is 0 Å². The number of para-hydroxylation sites is 3. The maximum absolute atomic E-state index is 10.8. The molecule has 3 spiro atoms. The Balaban J connectivity index is 0.805. The predicted octanol–water partition coefficient (Wildman–Crippen LogP) is 22.9. The Labute approximate surface area is 604 Å². The third-order valence-corrected chi connectivity index (χ3v) is 23.1. The number of nitriles is 2. The molecule has 0 N–H and O–H groups in total. The molecular formula is C97H54N4O4. The van der Waals surface area contributed by atoms with Gasteiger partial charge in [0.05, 0.1) is 33.9 Å². The van der Waals surface area contributed by atoms with Crippen LogP contribution in [-0.4, -0.2) is 10.2 Å². The van der Waals surface area contributed by atoms with E-state index in [1.165, 1.54) is 22.3 Å². The van der Waals surface area contributed by atoms with E-state index in [4.69, 9.17) is 18.6 Å². The number of hydrogen-bond donors (Lipinski definition) is 0. The van der Waals surface area contributed by atoms with Gasteiger partial charge in [-0.3, -0.25) is 0 Å². The summed E-state index contributed by atoms with van der Waals surface area (Å²) in [4.78, 5) is 0. The zero-order valence-corrected chi connectivity index (χ0v) is 56.1. The van der Waals surface area contributed by atoms with Crippen LogP contribution in [-0.2, 0) is 16.2 Å². The maximum Gasteiger partial charge on any atom is 0.248 e. The molecule has 0 saturated carbocycles. The Morgan fingerprint density at radius 3 is 1.45 bits per heavy atom. The van der Waals surface area contributed by atoms with Crippen LogP contribution in [0.3, 0.4) is 0 Å². The minimum atomic E-state index is -1.04. The van der Waals surface area contributed by atoms with E-state index in [1.807, 2.05) is 85.0 Å². The van der Waals surface area contributed by atoms with E-state index in [-0.39, 0.29) is 5.92 Å². The smallest absolute Gasteiger partial charge is 0.248 e. The number of benzene rings is 14. The van der Waals surface area contributed by atoms with E-state index < -0.39 is 16.2 Å². The minimum Gasteiger partial charge on any atom is -0.457 e. The Kier molecular flexibility index (Phi) is 12.2. The molecule has 0 radical (unpaired) electrons. The highest BCUT2D eigenvalue weighted by atomic mass is 16.5. The van der Waals surface area contributed by atoms with E-state index in [0.29, 0.717) is 28.7 Å². The first-order valence-electron chi connectivity index (χ1n) is 35.4. The zero-order chi connectivity index (χ0) is 69.3. The lowest BCUT2D eigenvalue weighted by molar-refractivity contribution is 0.436. The topological polar surface area (TPSA) is 114 Å². The van der Waals surface area contributed by atoms with Crippen molar-refractivity contribution < 1.29 is 18.6 Å². The lowest BCUT2D eigenvalue weighted by Crippen LogP contribution is -2.33. The summed E-state index contributed by atoms with van der Waals surface area (Å²) in [5.41, 5.74) is 29.4. The average molecular weight is 1340 g/mol. The lowest BCUT2D eigenvalue weighted by atomic mass is 9.64. The molecular weight excluding hydrogens is 1290 g/mol. The van der Waals surface area contributed by atoms with Crippen molar-refractivity contribution in [1.29, 1.82) is 10.5 Å². The number of aromatic nitrogens is 2. The number of allylic oxidation sites excluding steroid dienone is 3. The van der Waals surface area contributed by atoms with E-state index in [9.17, 15) is 10.5 Å². The van der Waals surface area contributed by atoms with Gasteiger partial charge in [-0.25, -0.2) is 0 Å². The molecule has 15 aromatic rings. The van der Waals surface area contributed by atoms with Crippen molar-refractivity contribution in [2.45, 2.75) is 22.2 Å². The first-order chi connectivity index (χ1) is 52.0. The number of fused-ring (bicyclic) bond motifs is 27. The largest absolute Gasteiger partial charge is 0.457 e. The highest BCUT2D eigenvalue weighted by molar-refractivity contribution is 6.03. The average Bonchev–Trinajstić information content (AvgIpc) is 1.55. The summed E-state index contributed by atoms with van der Waals surface area (Å²) < 4.78 is 28.9. The molecule has 0 amide bonds. The highest BCUT2D eigenvalue weighted by Gasteiger charge is 2.57. The molecule has 8 heteroatoms. The van der Waals surface area contributed by atoms with Gasteiger partial charge in [0, 0.05) is 67.1 Å². The van der Waals surface area contributed by atoms with Crippen molar-refractivity contribution in [2.75, 3.05) is 0 Å². The van der Waals surface area contributed by atoms with Gasteiger partial charge in [-0.05, 0) is 192 Å². The molecule has 7 aliphatic rings. The van der Waals surface area contributed by atoms with Crippen LogP contribution in [0.2, 0.25) is 0 Å². The van der Waals surface area contributed by atoms with E-state index in [1.54, 1.807) is 0 Å². The van der Waals surface area contributed by atoms with Crippen molar-refractivity contribution in [1.82, 2.24) is 10.2 Å². The van der Waals surface area contributed by atoms with Crippen molar-refractivity contribution in [3.63, 3.8) is 0 Å². The summed E-state index contributed by atoms with van der Waals surface area (Å²) in [7, 11) is 0. The SMILES string of the molecule is N#CC1=CC=C=CC1c1ccc2c(c1)C1(c3ccccc3-c3c(-c4cc(-c5cccc(C#N)c5)cc5c4Oc4ccccc4C54c5ccccc5-c5ccccc54)cccc31)c1cccc(-c3cccc4c3-c3ccccc3C43c4ccccc4Oc4ccc(-c5nnc(-c6ccccc6)o5)cc43)c1O2. The summed E-state index contributed by atoms with van der Waals surface area (Å²) in [5, 5.41) is 30.5. The summed E-state index contributed by atoms with van der Waals surface area (Å²) in [5.74, 6) is 4.94. The summed E-state index contributed by atoms with van der Waals surface area (Å²) in [6, 6.07) is 113. The van der Waals surface area contributed by atoms with Gasteiger partial charge in [0.1, 0.15) is 34.5 Å². The fourth-order valence-corrected chi connectivity index (χ4v) is 19.0. The first kappa shape index (κ1) is 58.6. The number of ether oxygens (including phenoxy) is 3. The monoisotopic (exact) mass is 1340 g/mol. The molecule has 4 aliphatic carbocycles. The zero-order valence-electron chi connectivity index (χ0n) is 56.1. The van der Waals surface area contributed by atoms with Gasteiger partial charge >= 0.3 is 0 Å². The van der Waals surface area contributed by atoms with Crippen LogP contribution in [0.4, 0.5) is 0 Å². The lowest BCUT2D eigenvalue weighted by Gasteiger charge is -2.41. The fraction of sp³-hybridized carbons (Fsp3) is 0.0412. The molecule has 0 bridgehead atoms. The molecule has 3 atom stereocenters. The first-order valence-corrected chi connectivity index (χ1v) is 35.4. The van der Waals surface area contributed by atoms with E-state index in [2.05, 4.69) is 265 Å².